The zero-order chi connectivity index (χ0) is 23.5. The number of benzene rings is 2. The molecular weight excluding hydrogens is 442 g/mol. The Kier molecular flexibility index (Phi) is 7.69. The Hall–Kier alpha value is -2.29. The van der Waals surface area contributed by atoms with E-state index in [9.17, 15) is 13.2 Å². The van der Waals surface area contributed by atoms with Gasteiger partial charge >= 0.3 is 0 Å². The Labute approximate surface area is 194 Å². The predicted molar refractivity (Wildman–Crippen MR) is 131 cm³/mol. The molecule has 6 nitrogen and oxygen atoms in total. The van der Waals surface area contributed by atoms with Crippen LogP contribution in [0.4, 0.5) is 0 Å². The van der Waals surface area contributed by atoms with Gasteiger partial charge in [-0.15, -0.1) is 0 Å². The molecule has 2 aromatic carbocycles. The van der Waals surface area contributed by atoms with Gasteiger partial charge in [-0.3, -0.25) is 4.79 Å². The number of fused-ring (bicyclic) bond motifs is 1. The molecule has 0 spiro atoms. The molecule has 1 heterocycles. The summed E-state index contributed by atoms with van der Waals surface area (Å²) < 4.78 is 30.6. The molecule has 3 rings (SSSR count). The summed E-state index contributed by atoms with van der Waals surface area (Å²) in [6.07, 6.45) is 1.50. The molecule has 0 fully saturated rings. The summed E-state index contributed by atoms with van der Waals surface area (Å²) in [5.41, 5.74) is 3.79. The maximum Gasteiger partial charge on any atom is 0.279 e. The molecule has 0 saturated carbocycles. The van der Waals surface area contributed by atoms with Crippen LogP contribution >= 0.6 is 11.3 Å². The van der Waals surface area contributed by atoms with E-state index < -0.39 is 10.0 Å². The second-order valence-corrected chi connectivity index (χ2v) is 10.8. The monoisotopic (exact) mass is 473 g/mol. The number of carbonyl (C=O) groups is 1. The molecule has 0 saturated heterocycles. The van der Waals surface area contributed by atoms with Gasteiger partial charge in [-0.05, 0) is 75.1 Å². The van der Waals surface area contributed by atoms with Gasteiger partial charge in [0.05, 0.1) is 15.1 Å². The van der Waals surface area contributed by atoms with Crippen molar-refractivity contribution < 1.29 is 13.2 Å². The fraction of sp³-hybridized carbons (Fsp3) is 0.417. The summed E-state index contributed by atoms with van der Waals surface area (Å²) >= 11 is 1.50. The predicted octanol–water partition coefficient (Wildman–Crippen LogP) is 4.89. The van der Waals surface area contributed by atoms with Crippen molar-refractivity contribution in [1.82, 2.24) is 8.87 Å². The lowest BCUT2D eigenvalue weighted by Crippen LogP contribution is -2.32. The minimum atomic E-state index is -3.57. The van der Waals surface area contributed by atoms with E-state index in [1.165, 1.54) is 38.9 Å². The molecule has 3 aromatic rings. The number of hydrogen-bond acceptors (Lipinski definition) is 4. The smallest absolute Gasteiger partial charge is 0.279 e. The first kappa shape index (κ1) is 24.4. The van der Waals surface area contributed by atoms with Gasteiger partial charge in [0.25, 0.3) is 5.91 Å². The van der Waals surface area contributed by atoms with Crippen LogP contribution < -0.4 is 4.80 Å². The number of thiazole rings is 1. The van der Waals surface area contributed by atoms with Crippen molar-refractivity contribution in [3.05, 3.63) is 57.9 Å². The fourth-order valence-corrected chi connectivity index (χ4v) is 6.59. The quantitative estimate of drug-likeness (QED) is 0.468. The van der Waals surface area contributed by atoms with E-state index in [-0.39, 0.29) is 10.8 Å². The molecule has 8 heteroatoms. The lowest BCUT2D eigenvalue weighted by molar-refractivity contribution is 0.0997. The number of aryl methyl sites for hydroxylation is 3. The fourth-order valence-electron chi connectivity index (χ4n) is 3.82. The Morgan fingerprint density at radius 2 is 1.66 bits per heavy atom. The van der Waals surface area contributed by atoms with Crippen LogP contribution in [0.5, 0.6) is 0 Å². The summed E-state index contributed by atoms with van der Waals surface area (Å²) in [5.74, 6) is -0.379. The minimum Gasteiger partial charge on any atom is -0.317 e. The largest absolute Gasteiger partial charge is 0.317 e. The van der Waals surface area contributed by atoms with Gasteiger partial charge in [-0.25, -0.2) is 8.42 Å². The highest BCUT2D eigenvalue weighted by Gasteiger charge is 2.23. The van der Waals surface area contributed by atoms with Crippen LogP contribution in [-0.4, -0.2) is 36.3 Å². The Bertz CT molecular complexity index is 1280. The maximum absolute atomic E-state index is 12.9. The SMILES string of the molecule is CCCN(CCC)S(=O)(=O)c1ccc(C(=O)N=c2sc3c(C)cc(C)cc3n2CC)cc1. The Morgan fingerprint density at radius 3 is 2.22 bits per heavy atom. The zero-order valence-corrected chi connectivity index (χ0v) is 21.0. The van der Waals surface area contributed by atoms with E-state index >= 15 is 0 Å². The molecule has 0 unspecified atom stereocenters. The van der Waals surface area contributed by atoms with Gasteiger partial charge in [-0.1, -0.05) is 31.3 Å². The van der Waals surface area contributed by atoms with E-state index in [1.54, 1.807) is 12.1 Å². The molecule has 0 aliphatic carbocycles. The van der Waals surface area contributed by atoms with Crippen molar-refractivity contribution in [2.24, 2.45) is 4.99 Å². The van der Waals surface area contributed by atoms with Gasteiger partial charge in [0.2, 0.25) is 10.0 Å². The second kappa shape index (κ2) is 10.1. The van der Waals surface area contributed by atoms with Gasteiger partial charge < -0.3 is 4.57 Å². The Balaban J connectivity index is 1.96. The van der Waals surface area contributed by atoms with E-state index in [0.29, 0.717) is 30.0 Å². The second-order valence-electron chi connectivity index (χ2n) is 7.90. The molecule has 172 valence electrons. The lowest BCUT2D eigenvalue weighted by atomic mass is 10.1. The average molecular weight is 474 g/mol. The molecule has 0 atom stereocenters. The van der Waals surface area contributed by atoms with Crippen molar-refractivity contribution in [1.29, 1.82) is 0 Å². The van der Waals surface area contributed by atoms with Crippen molar-refractivity contribution in [2.45, 2.75) is 58.9 Å². The summed E-state index contributed by atoms with van der Waals surface area (Å²) in [6.45, 7) is 11.7. The third kappa shape index (κ3) is 4.87. The molecule has 0 aliphatic rings. The summed E-state index contributed by atoms with van der Waals surface area (Å²) in [6, 6.07) is 10.3. The molecular formula is C24H31N3O3S2. The molecule has 0 bridgehead atoms. The van der Waals surface area contributed by atoms with Crippen LogP contribution in [0, 0.1) is 13.8 Å². The summed E-state index contributed by atoms with van der Waals surface area (Å²) in [7, 11) is -3.57. The maximum atomic E-state index is 12.9. The molecule has 0 aliphatic heterocycles. The highest BCUT2D eigenvalue weighted by molar-refractivity contribution is 7.89. The number of carbonyl (C=O) groups excluding carboxylic acids is 1. The number of rotatable bonds is 8. The van der Waals surface area contributed by atoms with Gasteiger partial charge in [-0.2, -0.15) is 9.30 Å². The van der Waals surface area contributed by atoms with E-state index in [1.807, 2.05) is 25.3 Å². The van der Waals surface area contributed by atoms with Crippen molar-refractivity contribution in [3.63, 3.8) is 0 Å². The van der Waals surface area contributed by atoms with Crippen molar-refractivity contribution in [2.75, 3.05) is 13.1 Å². The van der Waals surface area contributed by atoms with Crippen molar-refractivity contribution >= 4 is 37.5 Å². The number of aromatic nitrogens is 1. The van der Waals surface area contributed by atoms with Crippen LogP contribution in [0.2, 0.25) is 0 Å². The van der Waals surface area contributed by atoms with Gasteiger partial charge in [0, 0.05) is 25.2 Å². The summed E-state index contributed by atoms with van der Waals surface area (Å²) in [5, 5.41) is 0. The number of hydrogen-bond donors (Lipinski definition) is 0. The van der Waals surface area contributed by atoms with Crippen LogP contribution in [0.15, 0.2) is 46.3 Å². The topological polar surface area (TPSA) is 71.7 Å². The molecule has 0 radical (unpaired) electrons. The third-order valence-electron chi connectivity index (χ3n) is 5.31. The first-order valence-corrected chi connectivity index (χ1v) is 13.3. The number of amides is 1. The molecule has 0 N–H and O–H groups in total. The van der Waals surface area contributed by atoms with E-state index in [0.717, 1.165) is 23.1 Å². The van der Waals surface area contributed by atoms with Crippen molar-refractivity contribution in [3.8, 4) is 0 Å². The first-order valence-electron chi connectivity index (χ1n) is 11.0. The highest BCUT2D eigenvalue weighted by Crippen LogP contribution is 2.23. The van der Waals surface area contributed by atoms with Crippen LogP contribution in [0.25, 0.3) is 10.2 Å². The molecule has 32 heavy (non-hydrogen) atoms. The Morgan fingerprint density at radius 1 is 1.03 bits per heavy atom. The molecule has 1 aromatic heterocycles. The number of sulfonamides is 1. The lowest BCUT2D eigenvalue weighted by Gasteiger charge is -2.21. The normalized spacial score (nSPS) is 12.8. The third-order valence-corrected chi connectivity index (χ3v) is 8.46. The van der Waals surface area contributed by atoms with Crippen LogP contribution in [0.3, 0.4) is 0 Å². The highest BCUT2D eigenvalue weighted by atomic mass is 32.2. The summed E-state index contributed by atoms with van der Waals surface area (Å²) in [4.78, 5) is 18.1. The van der Waals surface area contributed by atoms with Gasteiger partial charge in [0.15, 0.2) is 4.80 Å². The molecule has 1 amide bonds. The average Bonchev–Trinajstić information content (AvgIpc) is 3.10. The first-order chi connectivity index (χ1) is 15.2. The van der Waals surface area contributed by atoms with E-state index in [4.69, 9.17) is 0 Å². The van der Waals surface area contributed by atoms with Gasteiger partial charge in [0.1, 0.15) is 0 Å². The van der Waals surface area contributed by atoms with E-state index in [2.05, 4.69) is 31.0 Å². The standard InChI is InChI=1S/C24H31N3O3S2/c1-6-13-26(14-7-2)32(29,30)20-11-9-19(10-12-20)23(28)25-24-27(8-3)21-16-17(4)15-18(5)22(21)31-24/h9-12,15-16H,6-8,13-14H2,1-5H3. The minimum absolute atomic E-state index is 0.201. The number of nitrogens with zero attached hydrogens (tertiary/aromatic N) is 3. The van der Waals surface area contributed by atoms with Crippen LogP contribution in [0.1, 0.15) is 55.1 Å². The van der Waals surface area contributed by atoms with Crippen LogP contribution in [-0.2, 0) is 16.6 Å². The zero-order valence-electron chi connectivity index (χ0n) is 19.4.